The second-order valence-corrected chi connectivity index (χ2v) is 4.57. The van der Waals surface area contributed by atoms with Crippen LogP contribution in [0.3, 0.4) is 0 Å². The van der Waals surface area contributed by atoms with Crippen LogP contribution in [0.1, 0.15) is 16.7 Å². The van der Waals surface area contributed by atoms with E-state index in [9.17, 15) is 0 Å². The van der Waals surface area contributed by atoms with Crippen LogP contribution >= 0.6 is 12.2 Å². The average Bonchev–Trinajstić information content (AvgIpc) is 2.37. The lowest BCUT2D eigenvalue weighted by atomic mass is 10.1. The summed E-state index contributed by atoms with van der Waals surface area (Å²) in [5, 5.41) is 3.31. The van der Waals surface area contributed by atoms with E-state index in [0.717, 1.165) is 17.8 Å². The zero-order valence-electron chi connectivity index (χ0n) is 10.2. The summed E-state index contributed by atoms with van der Waals surface area (Å²) < 4.78 is 0. The topological polar surface area (TPSA) is 50.9 Å². The summed E-state index contributed by atoms with van der Waals surface area (Å²) in [4.78, 5) is 4.46. The lowest BCUT2D eigenvalue weighted by molar-refractivity contribution is 1.13. The first kappa shape index (κ1) is 12.5. The molecule has 0 unspecified atom stereocenters. The Balaban J connectivity index is 2.13. The third-order valence-electron chi connectivity index (χ3n) is 2.65. The van der Waals surface area contributed by atoms with Crippen LogP contribution in [0.5, 0.6) is 0 Å². The normalized spacial score (nSPS) is 10.1. The molecule has 0 aliphatic rings. The van der Waals surface area contributed by atoms with Crippen LogP contribution in [0.2, 0.25) is 0 Å². The Morgan fingerprint density at radius 2 is 2.22 bits per heavy atom. The fourth-order valence-corrected chi connectivity index (χ4v) is 1.95. The largest absolute Gasteiger partial charge is 0.389 e. The van der Waals surface area contributed by atoms with Gasteiger partial charge in [0.2, 0.25) is 0 Å². The first-order chi connectivity index (χ1) is 8.66. The highest BCUT2D eigenvalue weighted by Gasteiger charge is 2.04. The summed E-state index contributed by atoms with van der Waals surface area (Å²) in [7, 11) is 0. The maximum absolute atomic E-state index is 5.67. The molecule has 0 radical (unpaired) electrons. The zero-order valence-corrected chi connectivity index (χ0v) is 11.0. The van der Waals surface area contributed by atoms with E-state index >= 15 is 0 Å². The minimum Gasteiger partial charge on any atom is -0.389 e. The molecule has 1 heterocycles. The number of hydrogen-bond donors (Lipinski definition) is 2. The van der Waals surface area contributed by atoms with Gasteiger partial charge in [-0.2, -0.15) is 0 Å². The Hall–Kier alpha value is -1.94. The number of aromatic nitrogens is 1. The highest BCUT2D eigenvalue weighted by atomic mass is 32.1. The van der Waals surface area contributed by atoms with E-state index in [2.05, 4.69) is 35.4 Å². The molecule has 0 spiro atoms. The molecule has 1 aromatic carbocycles. The molecule has 3 N–H and O–H groups in total. The van der Waals surface area contributed by atoms with Crippen molar-refractivity contribution in [3.8, 4) is 0 Å². The van der Waals surface area contributed by atoms with Crippen molar-refractivity contribution < 1.29 is 0 Å². The predicted octanol–water partition coefficient (Wildman–Crippen LogP) is 2.64. The lowest BCUT2D eigenvalue weighted by Gasteiger charge is -2.10. The standard InChI is InChI=1S/C14H15N3S/c1-10-3-2-4-11(7-10)8-17-13-9-16-6-5-12(13)14(15)18/h2-7,9,17H,8H2,1H3,(H2,15,18). The third-order valence-corrected chi connectivity index (χ3v) is 2.87. The van der Waals surface area contributed by atoms with Crippen LogP contribution in [0.25, 0.3) is 0 Å². The smallest absolute Gasteiger partial charge is 0.106 e. The molecule has 0 atom stereocenters. The summed E-state index contributed by atoms with van der Waals surface area (Å²) in [6.45, 7) is 2.80. The molecule has 0 bridgehead atoms. The SMILES string of the molecule is Cc1cccc(CNc2cnccc2C(N)=S)c1. The van der Waals surface area contributed by atoms with Crippen molar-refractivity contribution in [2.24, 2.45) is 5.73 Å². The van der Waals surface area contributed by atoms with Gasteiger partial charge in [0.25, 0.3) is 0 Å². The summed E-state index contributed by atoms with van der Waals surface area (Å²) in [6.07, 6.45) is 3.43. The fraction of sp³-hybridized carbons (Fsp3) is 0.143. The quantitative estimate of drug-likeness (QED) is 0.827. The molecule has 0 saturated heterocycles. The van der Waals surface area contributed by atoms with Gasteiger partial charge >= 0.3 is 0 Å². The minimum atomic E-state index is 0.379. The molecule has 92 valence electrons. The minimum absolute atomic E-state index is 0.379. The molecule has 0 saturated carbocycles. The van der Waals surface area contributed by atoms with Gasteiger partial charge in [0.1, 0.15) is 4.99 Å². The number of nitrogens with two attached hydrogens (primary N) is 1. The first-order valence-electron chi connectivity index (χ1n) is 5.70. The maximum atomic E-state index is 5.67. The highest BCUT2D eigenvalue weighted by molar-refractivity contribution is 7.80. The molecular formula is C14H15N3S. The molecule has 4 heteroatoms. The molecule has 0 amide bonds. The van der Waals surface area contributed by atoms with Crippen LogP contribution < -0.4 is 11.1 Å². The van der Waals surface area contributed by atoms with E-state index < -0.39 is 0 Å². The Kier molecular flexibility index (Phi) is 3.89. The Labute approximate surface area is 112 Å². The molecular weight excluding hydrogens is 242 g/mol. The van der Waals surface area contributed by atoms with Crippen molar-refractivity contribution >= 4 is 22.9 Å². The van der Waals surface area contributed by atoms with E-state index in [1.807, 2.05) is 12.1 Å². The van der Waals surface area contributed by atoms with Gasteiger partial charge in [-0.25, -0.2) is 0 Å². The van der Waals surface area contributed by atoms with E-state index in [4.69, 9.17) is 18.0 Å². The molecule has 1 aromatic heterocycles. The van der Waals surface area contributed by atoms with Crippen molar-refractivity contribution in [3.63, 3.8) is 0 Å². The van der Waals surface area contributed by atoms with Crippen molar-refractivity contribution in [1.29, 1.82) is 0 Å². The van der Waals surface area contributed by atoms with E-state index in [1.54, 1.807) is 12.4 Å². The molecule has 2 aromatic rings. The second kappa shape index (κ2) is 5.60. The van der Waals surface area contributed by atoms with Gasteiger partial charge in [0, 0.05) is 18.3 Å². The van der Waals surface area contributed by atoms with Gasteiger partial charge in [-0.05, 0) is 18.6 Å². The third kappa shape index (κ3) is 3.05. The number of benzene rings is 1. The van der Waals surface area contributed by atoms with Crippen molar-refractivity contribution in [2.45, 2.75) is 13.5 Å². The van der Waals surface area contributed by atoms with Crippen molar-refractivity contribution in [1.82, 2.24) is 4.98 Å². The molecule has 3 nitrogen and oxygen atoms in total. The first-order valence-corrected chi connectivity index (χ1v) is 6.11. The number of anilines is 1. The number of nitrogens with one attached hydrogen (secondary N) is 1. The number of aryl methyl sites for hydroxylation is 1. The van der Waals surface area contributed by atoms with Crippen LogP contribution in [0, 0.1) is 6.92 Å². The molecule has 2 rings (SSSR count). The highest BCUT2D eigenvalue weighted by Crippen LogP contribution is 2.15. The Bertz CT molecular complexity index is 566. The average molecular weight is 257 g/mol. The number of pyridine rings is 1. The lowest BCUT2D eigenvalue weighted by Crippen LogP contribution is -2.13. The van der Waals surface area contributed by atoms with Gasteiger partial charge < -0.3 is 11.1 Å². The van der Waals surface area contributed by atoms with Crippen LogP contribution in [0.4, 0.5) is 5.69 Å². The zero-order chi connectivity index (χ0) is 13.0. The summed E-state index contributed by atoms with van der Waals surface area (Å²) in [5.74, 6) is 0. The predicted molar refractivity (Wildman–Crippen MR) is 78.6 cm³/mol. The molecule has 18 heavy (non-hydrogen) atoms. The second-order valence-electron chi connectivity index (χ2n) is 4.13. The number of hydrogen-bond acceptors (Lipinski definition) is 3. The van der Waals surface area contributed by atoms with Gasteiger partial charge in [0.15, 0.2) is 0 Å². The van der Waals surface area contributed by atoms with Gasteiger partial charge in [-0.3, -0.25) is 4.98 Å². The summed E-state index contributed by atoms with van der Waals surface area (Å²) >= 11 is 5.01. The number of rotatable bonds is 4. The van der Waals surface area contributed by atoms with Crippen molar-refractivity contribution in [3.05, 3.63) is 59.4 Å². The summed E-state index contributed by atoms with van der Waals surface area (Å²) in [5.41, 5.74) is 9.83. The van der Waals surface area contributed by atoms with Gasteiger partial charge in [-0.15, -0.1) is 0 Å². The number of thiocarbonyl (C=S) groups is 1. The van der Waals surface area contributed by atoms with Gasteiger partial charge in [0.05, 0.1) is 11.9 Å². The molecule has 0 aliphatic heterocycles. The molecule has 0 fully saturated rings. The van der Waals surface area contributed by atoms with E-state index in [0.29, 0.717) is 4.99 Å². The Morgan fingerprint density at radius 3 is 2.94 bits per heavy atom. The monoisotopic (exact) mass is 257 g/mol. The van der Waals surface area contributed by atoms with Crippen LogP contribution in [-0.4, -0.2) is 9.97 Å². The maximum Gasteiger partial charge on any atom is 0.106 e. The Morgan fingerprint density at radius 1 is 1.39 bits per heavy atom. The van der Waals surface area contributed by atoms with E-state index in [1.165, 1.54) is 11.1 Å². The van der Waals surface area contributed by atoms with Crippen LogP contribution in [-0.2, 0) is 6.54 Å². The number of nitrogens with zero attached hydrogens (tertiary/aromatic N) is 1. The fourth-order valence-electron chi connectivity index (χ4n) is 1.77. The van der Waals surface area contributed by atoms with Crippen LogP contribution in [0.15, 0.2) is 42.7 Å². The molecule has 0 aliphatic carbocycles. The van der Waals surface area contributed by atoms with Gasteiger partial charge in [-0.1, -0.05) is 42.0 Å². The van der Waals surface area contributed by atoms with E-state index in [-0.39, 0.29) is 0 Å². The summed E-state index contributed by atoms with van der Waals surface area (Å²) in [6, 6.07) is 10.2. The van der Waals surface area contributed by atoms with Crippen molar-refractivity contribution in [2.75, 3.05) is 5.32 Å².